The second-order valence-corrected chi connectivity index (χ2v) is 7.39. The van der Waals surface area contributed by atoms with Gasteiger partial charge >= 0.3 is 17.9 Å². The predicted octanol–water partition coefficient (Wildman–Crippen LogP) is 2.04. The smallest absolute Gasteiger partial charge is 0.330 e. The van der Waals surface area contributed by atoms with Crippen LogP contribution in [-0.2, 0) is 28.6 Å². The number of rotatable bonds is 14. The van der Waals surface area contributed by atoms with Crippen LogP contribution in [0.2, 0.25) is 0 Å². The summed E-state index contributed by atoms with van der Waals surface area (Å²) in [6, 6.07) is 0. The zero-order valence-electron chi connectivity index (χ0n) is 22.2. The highest BCUT2D eigenvalue weighted by atomic mass is 16.9. The molecule has 12 nitrogen and oxygen atoms in total. The standard InChI is InChI=1S/C12H26O6.3C4H6O2/c1-4-16-12(17-5-2,18-6-3)7-11(8-13,9-14)10-15;3*1-3(2)4(5)6/h13-15H,4-10H2,1-3H3;3*1H2,2H3,(H,5,6). The van der Waals surface area contributed by atoms with Crippen LogP contribution in [0.5, 0.6) is 0 Å². The van der Waals surface area contributed by atoms with Gasteiger partial charge in [-0.1, -0.05) is 19.7 Å². The van der Waals surface area contributed by atoms with Crippen LogP contribution < -0.4 is 0 Å². The molecule has 0 amide bonds. The highest BCUT2D eigenvalue weighted by Crippen LogP contribution is 2.32. The van der Waals surface area contributed by atoms with E-state index >= 15 is 0 Å². The third-order valence-electron chi connectivity index (χ3n) is 3.79. The predicted molar refractivity (Wildman–Crippen MR) is 133 cm³/mol. The van der Waals surface area contributed by atoms with Crippen molar-refractivity contribution in [2.45, 2.75) is 53.9 Å². The fourth-order valence-electron chi connectivity index (χ4n) is 1.71. The summed E-state index contributed by atoms with van der Waals surface area (Å²) in [5, 5.41) is 51.7. The molecule has 0 spiro atoms. The summed E-state index contributed by atoms with van der Waals surface area (Å²) in [5.41, 5.74) is -0.570. The van der Waals surface area contributed by atoms with Gasteiger partial charge in [0.15, 0.2) is 0 Å². The van der Waals surface area contributed by atoms with Gasteiger partial charge in [0.05, 0.1) is 19.8 Å². The van der Waals surface area contributed by atoms with Gasteiger partial charge in [-0.05, 0) is 41.5 Å². The third-order valence-corrected chi connectivity index (χ3v) is 3.79. The molecule has 212 valence electrons. The van der Waals surface area contributed by atoms with Crippen molar-refractivity contribution in [2.24, 2.45) is 5.41 Å². The Morgan fingerprint density at radius 1 is 0.611 bits per heavy atom. The average Bonchev–Trinajstić information content (AvgIpc) is 2.79. The van der Waals surface area contributed by atoms with Crippen molar-refractivity contribution in [1.82, 2.24) is 0 Å². The largest absolute Gasteiger partial charge is 0.478 e. The van der Waals surface area contributed by atoms with Gasteiger partial charge in [0.1, 0.15) is 0 Å². The molecule has 0 unspecified atom stereocenters. The molecule has 0 fully saturated rings. The first-order valence-electron chi connectivity index (χ1n) is 10.9. The van der Waals surface area contributed by atoms with E-state index in [0.29, 0.717) is 19.8 Å². The topological polar surface area (TPSA) is 200 Å². The van der Waals surface area contributed by atoms with Crippen LogP contribution in [0.1, 0.15) is 48.0 Å². The Kier molecular flexibility index (Phi) is 25.7. The Bertz CT molecular complexity index is 562. The molecular weight excluding hydrogens is 480 g/mol. The van der Waals surface area contributed by atoms with E-state index < -0.39 is 29.3 Å². The number of hydrogen-bond acceptors (Lipinski definition) is 9. The van der Waals surface area contributed by atoms with Crippen LogP contribution in [0.4, 0.5) is 0 Å². The number of aliphatic hydroxyl groups is 3. The Morgan fingerprint density at radius 2 is 0.806 bits per heavy atom. The molecule has 6 N–H and O–H groups in total. The summed E-state index contributed by atoms with van der Waals surface area (Å²) >= 11 is 0. The minimum Gasteiger partial charge on any atom is -0.478 e. The Morgan fingerprint density at radius 3 is 0.917 bits per heavy atom. The highest BCUT2D eigenvalue weighted by molar-refractivity contribution is 5.85. The molecule has 0 rings (SSSR count). The van der Waals surface area contributed by atoms with Gasteiger partial charge < -0.3 is 44.8 Å². The SMILES string of the molecule is C=C(C)C(=O)O.C=C(C)C(=O)O.C=C(C)C(=O)O.CCOC(CC(CO)(CO)CO)(OCC)OCC. The average molecular weight is 525 g/mol. The Labute approximate surface area is 213 Å². The zero-order chi connectivity index (χ0) is 29.5. The maximum atomic E-state index is 9.60. The van der Waals surface area contributed by atoms with E-state index in [1.54, 1.807) is 20.8 Å². The van der Waals surface area contributed by atoms with Crippen molar-refractivity contribution in [3.8, 4) is 0 Å². The minimum absolute atomic E-state index is 0.0546. The van der Waals surface area contributed by atoms with Gasteiger partial charge in [0.25, 0.3) is 5.97 Å². The second kappa shape index (κ2) is 22.8. The van der Waals surface area contributed by atoms with Gasteiger partial charge in [-0.2, -0.15) is 0 Å². The van der Waals surface area contributed by atoms with Crippen molar-refractivity contribution >= 4 is 17.9 Å². The molecule has 0 atom stereocenters. The van der Waals surface area contributed by atoms with E-state index in [1.165, 1.54) is 20.8 Å². The molecule has 0 aliphatic rings. The van der Waals surface area contributed by atoms with E-state index in [2.05, 4.69) is 19.7 Å². The maximum Gasteiger partial charge on any atom is 0.330 e. The molecule has 0 saturated carbocycles. The van der Waals surface area contributed by atoms with Crippen molar-refractivity contribution in [3.05, 3.63) is 36.5 Å². The minimum atomic E-state index is -1.34. The van der Waals surface area contributed by atoms with E-state index in [4.69, 9.17) is 29.5 Å². The van der Waals surface area contributed by atoms with Gasteiger partial charge in [-0.25, -0.2) is 14.4 Å². The van der Waals surface area contributed by atoms with Crippen LogP contribution in [0.25, 0.3) is 0 Å². The van der Waals surface area contributed by atoms with Gasteiger partial charge in [-0.15, -0.1) is 0 Å². The lowest BCUT2D eigenvalue weighted by atomic mass is 9.86. The van der Waals surface area contributed by atoms with Crippen molar-refractivity contribution in [2.75, 3.05) is 39.6 Å². The molecule has 0 aromatic heterocycles. The van der Waals surface area contributed by atoms with Crippen molar-refractivity contribution < 1.29 is 59.2 Å². The second-order valence-electron chi connectivity index (χ2n) is 7.39. The van der Waals surface area contributed by atoms with Crippen LogP contribution in [0.15, 0.2) is 36.5 Å². The van der Waals surface area contributed by atoms with E-state index in [0.717, 1.165) is 0 Å². The molecule has 0 aliphatic heterocycles. The van der Waals surface area contributed by atoms with E-state index in [1.807, 2.05) is 0 Å². The van der Waals surface area contributed by atoms with Gasteiger partial charge in [-0.3, -0.25) is 0 Å². The zero-order valence-corrected chi connectivity index (χ0v) is 22.2. The lowest BCUT2D eigenvalue weighted by molar-refractivity contribution is -0.391. The van der Waals surface area contributed by atoms with Gasteiger partial charge in [0, 0.05) is 48.4 Å². The molecule has 36 heavy (non-hydrogen) atoms. The summed E-state index contributed by atoms with van der Waals surface area (Å²) in [4.78, 5) is 28.8. The van der Waals surface area contributed by atoms with Crippen LogP contribution in [0, 0.1) is 5.41 Å². The molecule has 0 radical (unpaired) electrons. The van der Waals surface area contributed by atoms with E-state index in [9.17, 15) is 29.7 Å². The molecular formula is C24H44O12. The monoisotopic (exact) mass is 524 g/mol. The summed E-state index contributed by atoms with van der Waals surface area (Å²) in [6.45, 7) is 19.1. The maximum absolute atomic E-state index is 9.60. The molecule has 0 aliphatic carbocycles. The van der Waals surface area contributed by atoms with Crippen molar-refractivity contribution in [1.29, 1.82) is 0 Å². The molecule has 0 aromatic rings. The quantitative estimate of drug-likeness (QED) is 0.143. The summed E-state index contributed by atoms with van der Waals surface area (Å²) < 4.78 is 16.5. The van der Waals surface area contributed by atoms with Crippen LogP contribution >= 0.6 is 0 Å². The number of carboxylic acids is 3. The lowest BCUT2D eigenvalue weighted by Gasteiger charge is -2.39. The molecule has 0 bridgehead atoms. The first-order valence-corrected chi connectivity index (χ1v) is 10.9. The third kappa shape index (κ3) is 21.9. The summed E-state index contributed by atoms with van der Waals surface area (Å²) in [6.07, 6.45) is 0.0546. The number of hydrogen-bond donors (Lipinski definition) is 6. The van der Waals surface area contributed by atoms with Crippen molar-refractivity contribution in [3.63, 3.8) is 0 Å². The fraction of sp³-hybridized carbons (Fsp3) is 0.625. The first-order chi connectivity index (χ1) is 16.5. The number of carboxylic acid groups (broad SMARTS) is 3. The van der Waals surface area contributed by atoms with Gasteiger partial charge in [0.2, 0.25) is 0 Å². The molecule has 0 heterocycles. The molecule has 0 saturated heterocycles. The Hall–Kier alpha value is -2.61. The first kappa shape index (κ1) is 40.6. The fourth-order valence-corrected chi connectivity index (χ4v) is 1.71. The number of aliphatic hydroxyl groups excluding tert-OH is 3. The number of ether oxygens (including phenoxy) is 3. The lowest BCUT2D eigenvalue weighted by Crippen LogP contribution is -2.48. The Balaban J connectivity index is -0.000000231. The summed E-state index contributed by atoms with van der Waals surface area (Å²) in [7, 11) is 0. The highest BCUT2D eigenvalue weighted by Gasteiger charge is 2.43. The number of aliphatic carboxylic acids is 3. The number of carbonyl (C=O) groups is 3. The molecule has 12 heteroatoms. The summed E-state index contributed by atoms with van der Waals surface area (Å²) in [5.74, 6) is -4.15. The van der Waals surface area contributed by atoms with E-state index in [-0.39, 0.29) is 43.0 Å². The normalized spacial score (nSPS) is 10.2. The van der Waals surface area contributed by atoms with Crippen LogP contribution in [0.3, 0.4) is 0 Å². The molecule has 0 aromatic carbocycles. The van der Waals surface area contributed by atoms with Crippen LogP contribution in [-0.4, -0.2) is 94.2 Å².